The smallest absolute Gasteiger partial charge is 0.247 e. The number of sulfonamides is 1. The van der Waals surface area contributed by atoms with Crippen molar-refractivity contribution in [2.45, 2.75) is 37.0 Å². The summed E-state index contributed by atoms with van der Waals surface area (Å²) in [5, 5.41) is 0. The number of pyridine rings is 1. The number of guanidine groups is 1. The first-order valence-corrected chi connectivity index (χ1v) is 12.8. The van der Waals surface area contributed by atoms with E-state index < -0.39 is 26.1 Å². The van der Waals surface area contributed by atoms with Crippen molar-refractivity contribution in [1.29, 1.82) is 0 Å². The molecule has 11 heteroatoms. The molecule has 3 heterocycles. The van der Waals surface area contributed by atoms with Crippen molar-refractivity contribution in [1.82, 2.24) is 14.2 Å². The number of carbonyl (C=O) groups excluding carboxylic acids is 1. The fourth-order valence-corrected chi connectivity index (χ4v) is 7.24. The summed E-state index contributed by atoms with van der Waals surface area (Å²) >= 11 is 0. The Morgan fingerprint density at radius 1 is 1.29 bits per heavy atom. The number of ether oxygens (including phenoxy) is 1. The van der Waals surface area contributed by atoms with E-state index in [0.29, 0.717) is 24.4 Å². The van der Waals surface area contributed by atoms with Crippen LogP contribution in [0.5, 0.6) is 5.75 Å². The fraction of sp³-hybridized carbons (Fsp3) is 0.458. The number of aliphatic imine (C=N–C) groups is 1. The van der Waals surface area contributed by atoms with Gasteiger partial charge in [0.2, 0.25) is 16.0 Å². The first-order valence-electron chi connectivity index (χ1n) is 11.4. The first kappa shape index (κ1) is 25.1. The number of carbonyl (C=O) groups is 1. The van der Waals surface area contributed by atoms with Gasteiger partial charge in [-0.3, -0.25) is 4.79 Å². The third-order valence-corrected chi connectivity index (χ3v) is 9.96. The fourth-order valence-electron chi connectivity index (χ4n) is 5.08. The van der Waals surface area contributed by atoms with Crippen molar-refractivity contribution in [3.8, 4) is 5.75 Å². The molecule has 1 aromatic heterocycles. The first-order chi connectivity index (χ1) is 16.5. The topological polar surface area (TPSA) is 118 Å². The van der Waals surface area contributed by atoms with Crippen molar-refractivity contribution >= 4 is 21.8 Å². The maximum Gasteiger partial charge on any atom is 0.247 e. The number of Topliss-reactive ketones (excluding diaryl/α,β-unsaturated/α-hetero) is 1. The van der Waals surface area contributed by atoms with Crippen molar-refractivity contribution in [3.63, 3.8) is 0 Å². The molecular weight excluding hydrogens is 473 g/mol. The third kappa shape index (κ3) is 3.86. The lowest BCUT2D eigenvalue weighted by atomic mass is 9.77. The minimum absolute atomic E-state index is 0.0391. The maximum atomic E-state index is 15.4. The number of hydrogen-bond donors (Lipinski definition) is 1. The predicted molar refractivity (Wildman–Crippen MR) is 130 cm³/mol. The maximum absolute atomic E-state index is 15.4. The normalized spacial score (nSPS) is 26.1. The summed E-state index contributed by atoms with van der Waals surface area (Å²) in [4.78, 5) is 23.6. The molecule has 0 bridgehead atoms. The number of hydrogen-bond acceptors (Lipinski definition) is 8. The monoisotopic (exact) mass is 503 g/mol. The van der Waals surface area contributed by atoms with Gasteiger partial charge in [-0.15, -0.1) is 0 Å². The molecule has 0 radical (unpaired) electrons. The average Bonchev–Trinajstić information content (AvgIpc) is 3.30. The molecule has 4 rings (SSSR count). The zero-order chi connectivity index (χ0) is 25.6. The van der Waals surface area contributed by atoms with Crippen LogP contribution in [0.4, 0.5) is 4.39 Å². The summed E-state index contributed by atoms with van der Waals surface area (Å²) in [6.45, 7) is 4.97. The number of aromatic nitrogens is 1. The number of nitrogens with zero attached hydrogens (tertiary/aromatic N) is 4. The Bertz CT molecular complexity index is 1280. The van der Waals surface area contributed by atoms with Gasteiger partial charge in [-0.05, 0) is 56.3 Å². The molecule has 1 fully saturated rings. The Kier molecular flexibility index (Phi) is 6.35. The zero-order valence-electron chi connectivity index (χ0n) is 20.3. The molecule has 9 nitrogen and oxygen atoms in total. The highest BCUT2D eigenvalue weighted by molar-refractivity contribution is 7.91. The second-order valence-electron chi connectivity index (χ2n) is 9.13. The third-order valence-electron chi connectivity index (χ3n) is 7.34. The Balaban J connectivity index is 1.78. The summed E-state index contributed by atoms with van der Waals surface area (Å²) in [5.41, 5.74) is 5.42. The van der Waals surface area contributed by atoms with E-state index in [4.69, 9.17) is 10.5 Å². The summed E-state index contributed by atoms with van der Waals surface area (Å²) in [7, 11) is -1.09. The lowest BCUT2D eigenvalue weighted by Crippen LogP contribution is -2.66. The number of ketones is 1. The number of nitrogens with two attached hydrogens (primary N) is 1. The average molecular weight is 504 g/mol. The molecule has 0 saturated carbocycles. The van der Waals surface area contributed by atoms with Crippen molar-refractivity contribution in [3.05, 3.63) is 59.2 Å². The van der Waals surface area contributed by atoms with Gasteiger partial charge in [0.05, 0.1) is 13.3 Å². The zero-order valence-corrected chi connectivity index (χ0v) is 21.1. The van der Waals surface area contributed by atoms with Gasteiger partial charge in [-0.2, -0.15) is 0 Å². The van der Waals surface area contributed by atoms with Crippen LogP contribution in [0.2, 0.25) is 0 Å². The highest BCUT2D eigenvalue weighted by Gasteiger charge is 2.65. The highest BCUT2D eigenvalue weighted by atomic mass is 32.2. The Morgan fingerprint density at radius 3 is 2.63 bits per heavy atom. The van der Waals surface area contributed by atoms with Crippen LogP contribution in [0.3, 0.4) is 0 Å². The van der Waals surface area contributed by atoms with Gasteiger partial charge in [0.25, 0.3) is 0 Å². The second-order valence-corrected chi connectivity index (χ2v) is 11.4. The summed E-state index contributed by atoms with van der Waals surface area (Å²) < 4.78 is 47.6. The molecule has 0 aliphatic carbocycles. The molecule has 35 heavy (non-hydrogen) atoms. The molecule has 2 N–H and O–H groups in total. The number of benzene rings is 1. The van der Waals surface area contributed by atoms with Gasteiger partial charge in [0.15, 0.2) is 5.78 Å². The van der Waals surface area contributed by atoms with E-state index in [1.54, 1.807) is 19.1 Å². The van der Waals surface area contributed by atoms with E-state index in [0.717, 1.165) is 4.31 Å². The van der Waals surface area contributed by atoms with E-state index in [1.807, 2.05) is 11.8 Å². The molecule has 2 aromatic rings. The molecule has 2 atom stereocenters. The van der Waals surface area contributed by atoms with Crippen LogP contribution >= 0.6 is 0 Å². The lowest BCUT2D eigenvalue weighted by molar-refractivity contribution is 0.0988. The molecule has 0 amide bonds. The molecule has 188 valence electrons. The number of likely N-dealkylation sites (tertiary alicyclic amines) is 1. The molecule has 1 spiro atoms. The van der Waals surface area contributed by atoms with E-state index in [1.165, 1.54) is 38.6 Å². The number of halogens is 1. The van der Waals surface area contributed by atoms with Gasteiger partial charge in [0, 0.05) is 25.6 Å². The molecule has 1 saturated heterocycles. The van der Waals surface area contributed by atoms with E-state index in [2.05, 4.69) is 9.98 Å². The summed E-state index contributed by atoms with van der Waals surface area (Å²) in [6, 6.07) is 7.50. The summed E-state index contributed by atoms with van der Waals surface area (Å²) in [6.07, 6.45) is 1.69. The van der Waals surface area contributed by atoms with Crippen LogP contribution in [0, 0.1) is 5.82 Å². The van der Waals surface area contributed by atoms with Crippen molar-refractivity contribution < 1.29 is 22.3 Å². The SMILES string of the molecule is CCN1CC[C@]2(C1)[C@@](C)(c1cc(CC(=O)c3ccc(OC)cn3)ccc1F)N=C(N)N(C)S2(=O)=O. The minimum Gasteiger partial charge on any atom is -0.495 e. The van der Waals surface area contributed by atoms with Gasteiger partial charge < -0.3 is 15.4 Å². The Hall–Kier alpha value is -3.05. The standard InChI is InChI=1S/C24H30FN5O4S/c1-5-30-11-10-24(15-30)23(2,28-22(26)29(3)35(24,32)33)18-12-16(6-8-19(18)25)13-21(31)20-9-7-17(34-4)14-27-20/h6-9,12,14H,5,10-11,13,15H2,1-4H3,(H2,26,28)/t23-,24+/m1/s1. The van der Waals surface area contributed by atoms with E-state index in [9.17, 15) is 13.2 Å². The van der Waals surface area contributed by atoms with Crippen LogP contribution in [0.15, 0.2) is 41.5 Å². The second kappa shape index (κ2) is 8.87. The number of methoxy groups -OCH3 is 1. The largest absolute Gasteiger partial charge is 0.495 e. The summed E-state index contributed by atoms with van der Waals surface area (Å²) in [5.74, 6) is -0.532. The van der Waals surface area contributed by atoms with E-state index in [-0.39, 0.29) is 42.4 Å². The van der Waals surface area contributed by atoms with Crippen LogP contribution in [0.1, 0.15) is 41.9 Å². The number of rotatable bonds is 6. The Morgan fingerprint density at radius 2 is 2.03 bits per heavy atom. The minimum atomic E-state index is -3.97. The molecular formula is C24H30FN5O4S. The van der Waals surface area contributed by atoms with Crippen LogP contribution < -0.4 is 10.5 Å². The van der Waals surface area contributed by atoms with Crippen LogP contribution in [-0.4, -0.2) is 72.9 Å². The van der Waals surface area contributed by atoms with Gasteiger partial charge >= 0.3 is 0 Å². The lowest BCUT2D eigenvalue weighted by Gasteiger charge is -2.48. The molecule has 2 aliphatic heterocycles. The Labute approximate surface area is 204 Å². The molecule has 2 aliphatic rings. The van der Waals surface area contributed by atoms with Gasteiger partial charge in [-0.1, -0.05) is 13.0 Å². The predicted octanol–water partition coefficient (Wildman–Crippen LogP) is 1.92. The van der Waals surface area contributed by atoms with Crippen LogP contribution in [0.25, 0.3) is 0 Å². The molecule has 1 aromatic carbocycles. The quantitative estimate of drug-likeness (QED) is 0.599. The van der Waals surface area contributed by atoms with Crippen molar-refractivity contribution in [2.24, 2.45) is 10.7 Å². The molecule has 0 unspecified atom stereocenters. The van der Waals surface area contributed by atoms with Gasteiger partial charge in [-0.25, -0.2) is 27.1 Å². The van der Waals surface area contributed by atoms with Gasteiger partial charge in [0.1, 0.15) is 27.5 Å². The van der Waals surface area contributed by atoms with E-state index >= 15 is 4.39 Å². The highest BCUT2D eigenvalue weighted by Crippen LogP contribution is 2.51. The van der Waals surface area contributed by atoms with Crippen molar-refractivity contribution in [2.75, 3.05) is 33.8 Å². The van der Waals surface area contributed by atoms with Crippen LogP contribution in [-0.2, 0) is 22.0 Å².